The van der Waals surface area contributed by atoms with Crippen LogP contribution in [0.4, 0.5) is 0 Å². The van der Waals surface area contributed by atoms with E-state index in [-0.39, 0.29) is 0 Å². The molecule has 17 heavy (non-hydrogen) atoms. The number of halogens is 2. The Morgan fingerprint density at radius 1 is 1.18 bits per heavy atom. The summed E-state index contributed by atoms with van der Waals surface area (Å²) in [4.78, 5) is 0.436. The van der Waals surface area contributed by atoms with Gasteiger partial charge in [-0.3, -0.25) is 0 Å². The summed E-state index contributed by atoms with van der Waals surface area (Å²) in [5.41, 5.74) is 1.42. The first kappa shape index (κ1) is 13.6. The van der Waals surface area contributed by atoms with E-state index in [1.807, 2.05) is 11.3 Å². The Bertz CT molecular complexity index is 516. The number of rotatable bonds is 3. The Labute approximate surface area is 124 Å². The second-order valence-electron chi connectivity index (χ2n) is 4.81. The fraction of sp³-hybridized carbons (Fsp3) is 0.429. The van der Waals surface area contributed by atoms with Crippen LogP contribution in [0.15, 0.2) is 28.1 Å². The van der Waals surface area contributed by atoms with E-state index in [1.54, 1.807) is 0 Å². The quantitative estimate of drug-likeness (QED) is 0.545. The average Bonchev–Trinajstić information content (AvgIpc) is 2.72. The molecule has 0 bridgehead atoms. The predicted molar refractivity (Wildman–Crippen MR) is 85.2 cm³/mol. The fourth-order valence-electron chi connectivity index (χ4n) is 1.88. The fourth-order valence-corrected chi connectivity index (χ4v) is 4.70. The summed E-state index contributed by atoms with van der Waals surface area (Å²) in [7, 11) is 0. The number of fused-ring (bicyclic) bond motifs is 1. The van der Waals surface area contributed by atoms with Gasteiger partial charge in [0.05, 0.1) is 0 Å². The first-order valence-corrected chi connectivity index (χ1v) is 8.41. The van der Waals surface area contributed by atoms with E-state index >= 15 is 0 Å². The maximum atomic E-state index is 3.87. The molecular weight excluding hydrogens is 360 g/mol. The van der Waals surface area contributed by atoms with Crippen LogP contribution in [0.2, 0.25) is 0 Å². The van der Waals surface area contributed by atoms with Crippen molar-refractivity contribution < 1.29 is 0 Å². The Morgan fingerprint density at radius 2 is 1.88 bits per heavy atom. The third-order valence-electron chi connectivity index (χ3n) is 3.39. The third kappa shape index (κ3) is 2.61. The molecule has 2 aromatic rings. The molecule has 0 N–H and O–H groups in total. The molecule has 2 atom stereocenters. The standard InChI is InChI=1S/C14H16Br2S/c1-8(2)9(3)13(16)11-7-17-14-10(11)5-4-6-12(14)15/h4-9,13H,1-3H3. The van der Waals surface area contributed by atoms with Crippen molar-refractivity contribution in [3.63, 3.8) is 0 Å². The van der Waals surface area contributed by atoms with Gasteiger partial charge in [0, 0.05) is 14.0 Å². The lowest BCUT2D eigenvalue weighted by atomic mass is 9.91. The zero-order chi connectivity index (χ0) is 12.6. The molecule has 0 saturated carbocycles. The average molecular weight is 376 g/mol. The topological polar surface area (TPSA) is 0 Å². The molecule has 3 heteroatoms. The molecule has 0 fully saturated rings. The van der Waals surface area contributed by atoms with Gasteiger partial charge in [-0.15, -0.1) is 11.3 Å². The largest absolute Gasteiger partial charge is 0.142 e. The van der Waals surface area contributed by atoms with E-state index in [4.69, 9.17) is 0 Å². The van der Waals surface area contributed by atoms with Gasteiger partial charge in [0.1, 0.15) is 0 Å². The highest BCUT2D eigenvalue weighted by molar-refractivity contribution is 9.10. The lowest BCUT2D eigenvalue weighted by Gasteiger charge is -2.21. The van der Waals surface area contributed by atoms with Gasteiger partial charge < -0.3 is 0 Å². The highest BCUT2D eigenvalue weighted by Gasteiger charge is 2.22. The molecule has 0 aliphatic carbocycles. The van der Waals surface area contributed by atoms with E-state index in [2.05, 4.69) is 76.2 Å². The van der Waals surface area contributed by atoms with Crippen LogP contribution >= 0.6 is 43.2 Å². The summed E-state index contributed by atoms with van der Waals surface area (Å²) in [6.45, 7) is 6.87. The molecule has 2 unspecified atom stereocenters. The molecule has 0 radical (unpaired) electrons. The van der Waals surface area contributed by atoms with E-state index in [1.165, 1.54) is 20.1 Å². The maximum absolute atomic E-state index is 3.87. The zero-order valence-electron chi connectivity index (χ0n) is 10.2. The van der Waals surface area contributed by atoms with Crippen molar-refractivity contribution in [2.24, 2.45) is 11.8 Å². The number of alkyl halides is 1. The van der Waals surface area contributed by atoms with Crippen LogP contribution in [0.25, 0.3) is 10.1 Å². The summed E-state index contributed by atoms with van der Waals surface area (Å²) in [6.07, 6.45) is 0. The van der Waals surface area contributed by atoms with Gasteiger partial charge in [0.25, 0.3) is 0 Å². The summed E-state index contributed by atoms with van der Waals surface area (Å²) < 4.78 is 2.55. The van der Waals surface area contributed by atoms with Gasteiger partial charge in [-0.25, -0.2) is 0 Å². The molecule has 0 spiro atoms. The lowest BCUT2D eigenvalue weighted by Crippen LogP contribution is -2.09. The molecule has 2 rings (SSSR count). The van der Waals surface area contributed by atoms with Gasteiger partial charge in [-0.05, 0) is 50.2 Å². The second-order valence-corrected chi connectivity index (χ2v) is 7.53. The lowest BCUT2D eigenvalue weighted by molar-refractivity contribution is 0.416. The number of thiophene rings is 1. The van der Waals surface area contributed by atoms with Crippen molar-refractivity contribution in [1.82, 2.24) is 0 Å². The molecule has 92 valence electrons. The normalized spacial score (nSPS) is 15.4. The molecule has 1 aromatic carbocycles. The molecule has 1 aromatic heterocycles. The summed E-state index contributed by atoms with van der Waals surface area (Å²) in [5, 5.41) is 3.66. The van der Waals surface area contributed by atoms with Crippen molar-refractivity contribution in [3.05, 3.63) is 33.6 Å². The van der Waals surface area contributed by atoms with Crippen molar-refractivity contribution >= 4 is 53.3 Å². The third-order valence-corrected chi connectivity index (χ3v) is 6.69. The van der Waals surface area contributed by atoms with E-state index in [0.29, 0.717) is 16.7 Å². The van der Waals surface area contributed by atoms with Crippen LogP contribution in [0, 0.1) is 11.8 Å². The molecule has 0 saturated heterocycles. The summed E-state index contributed by atoms with van der Waals surface area (Å²) in [5.74, 6) is 1.31. The molecule has 0 aliphatic rings. The molecule has 0 nitrogen and oxygen atoms in total. The second kappa shape index (κ2) is 5.41. The van der Waals surface area contributed by atoms with Crippen molar-refractivity contribution in [3.8, 4) is 0 Å². The molecular formula is C14H16Br2S. The molecule has 1 heterocycles. The van der Waals surface area contributed by atoms with E-state index < -0.39 is 0 Å². The minimum absolute atomic E-state index is 0.436. The minimum Gasteiger partial charge on any atom is -0.142 e. The predicted octanol–water partition coefficient (Wildman–Crippen LogP) is 6.39. The molecule has 0 amide bonds. The molecule has 0 aliphatic heterocycles. The smallest absolute Gasteiger partial charge is 0.0488 e. The SMILES string of the molecule is CC(C)C(C)C(Br)c1csc2c(Br)cccc12. The van der Waals surface area contributed by atoms with Gasteiger partial charge in [0.2, 0.25) is 0 Å². The minimum atomic E-state index is 0.436. The zero-order valence-corrected chi connectivity index (χ0v) is 14.2. The Balaban J connectivity index is 2.46. The van der Waals surface area contributed by atoms with Crippen LogP contribution in [-0.4, -0.2) is 0 Å². The summed E-state index contributed by atoms with van der Waals surface area (Å²) >= 11 is 9.31. The number of hydrogen-bond donors (Lipinski definition) is 0. The maximum Gasteiger partial charge on any atom is 0.0488 e. The van der Waals surface area contributed by atoms with Gasteiger partial charge in [-0.1, -0.05) is 48.8 Å². The highest BCUT2D eigenvalue weighted by Crippen LogP contribution is 2.42. The van der Waals surface area contributed by atoms with Crippen molar-refractivity contribution in [2.45, 2.75) is 25.6 Å². The number of hydrogen-bond acceptors (Lipinski definition) is 1. The summed E-state index contributed by atoms with van der Waals surface area (Å²) in [6, 6.07) is 6.44. The van der Waals surface area contributed by atoms with Crippen LogP contribution < -0.4 is 0 Å². The monoisotopic (exact) mass is 374 g/mol. The van der Waals surface area contributed by atoms with Gasteiger partial charge >= 0.3 is 0 Å². The van der Waals surface area contributed by atoms with Crippen molar-refractivity contribution in [2.75, 3.05) is 0 Å². The van der Waals surface area contributed by atoms with E-state index in [0.717, 1.165) is 0 Å². The Morgan fingerprint density at radius 3 is 2.53 bits per heavy atom. The first-order chi connectivity index (χ1) is 8.02. The Hall–Kier alpha value is 0.140. The van der Waals surface area contributed by atoms with E-state index in [9.17, 15) is 0 Å². The highest BCUT2D eigenvalue weighted by atomic mass is 79.9. The first-order valence-electron chi connectivity index (χ1n) is 5.82. The van der Waals surface area contributed by atoms with Crippen LogP contribution in [-0.2, 0) is 0 Å². The van der Waals surface area contributed by atoms with Gasteiger partial charge in [0.15, 0.2) is 0 Å². The number of benzene rings is 1. The Kier molecular flexibility index (Phi) is 4.32. The van der Waals surface area contributed by atoms with Crippen molar-refractivity contribution in [1.29, 1.82) is 0 Å². The van der Waals surface area contributed by atoms with Crippen LogP contribution in [0.3, 0.4) is 0 Å². The van der Waals surface area contributed by atoms with Crippen LogP contribution in [0.1, 0.15) is 31.2 Å². The van der Waals surface area contributed by atoms with Gasteiger partial charge in [-0.2, -0.15) is 0 Å². The van der Waals surface area contributed by atoms with Crippen LogP contribution in [0.5, 0.6) is 0 Å².